The number of aryl methyl sites for hydroxylation is 2. The third-order valence-electron chi connectivity index (χ3n) is 10.7. The number of hydrogen-bond donors (Lipinski definition) is 0. The average Bonchev–Trinajstić information content (AvgIpc) is 3.71. The van der Waals surface area contributed by atoms with Crippen LogP contribution in [-0.4, -0.2) is 29.1 Å². The van der Waals surface area contributed by atoms with Crippen LogP contribution in [0.15, 0.2) is 159 Å². The van der Waals surface area contributed by atoms with Crippen molar-refractivity contribution in [3.8, 4) is 45.0 Å². The molecule has 1 aliphatic carbocycles. The highest BCUT2D eigenvalue weighted by Crippen LogP contribution is 2.44. The lowest BCUT2D eigenvalue weighted by Crippen LogP contribution is -2.05. The molecule has 52 heavy (non-hydrogen) atoms. The number of aromatic nitrogens is 6. The molecule has 0 radical (unpaired) electrons. The summed E-state index contributed by atoms with van der Waals surface area (Å²) in [5.74, 6) is 0. The second-order valence-electron chi connectivity index (χ2n) is 13.5. The van der Waals surface area contributed by atoms with Crippen LogP contribution >= 0.6 is 0 Å². The van der Waals surface area contributed by atoms with Gasteiger partial charge in [-0.3, -0.25) is 19.9 Å². The first kappa shape index (κ1) is 28.9. The molecule has 11 rings (SSSR count). The highest BCUT2D eigenvalue weighted by molar-refractivity contribution is 6.14. The van der Waals surface area contributed by atoms with E-state index >= 15 is 0 Å². The van der Waals surface area contributed by atoms with Crippen molar-refractivity contribution >= 4 is 43.6 Å². The van der Waals surface area contributed by atoms with Gasteiger partial charge in [0.15, 0.2) is 0 Å². The quantitative estimate of drug-likeness (QED) is 0.188. The van der Waals surface area contributed by atoms with Crippen LogP contribution in [0.2, 0.25) is 0 Å². The minimum Gasteiger partial charge on any atom is -0.308 e. The Kier molecular flexibility index (Phi) is 6.28. The van der Waals surface area contributed by atoms with E-state index in [1.165, 1.54) is 54.8 Å². The Morgan fingerprint density at radius 3 is 1.31 bits per heavy atom. The molecule has 6 heteroatoms. The zero-order valence-corrected chi connectivity index (χ0v) is 28.1. The van der Waals surface area contributed by atoms with Gasteiger partial charge in [0.25, 0.3) is 0 Å². The fraction of sp³-hybridized carbons (Fsp3) is 0.0435. The van der Waals surface area contributed by atoms with Crippen LogP contribution in [0.1, 0.15) is 11.1 Å². The first-order valence-corrected chi connectivity index (χ1v) is 17.6. The molecule has 0 N–H and O–H groups in total. The molecular formula is C46H30N6. The van der Waals surface area contributed by atoms with Crippen LogP contribution in [0.25, 0.3) is 88.6 Å². The molecule has 0 aliphatic heterocycles. The van der Waals surface area contributed by atoms with Gasteiger partial charge in [-0.15, -0.1) is 0 Å². The van der Waals surface area contributed by atoms with E-state index in [2.05, 4.69) is 114 Å². The summed E-state index contributed by atoms with van der Waals surface area (Å²) in [6.07, 6.45) is 13.2. The minimum atomic E-state index is 0.971. The summed E-state index contributed by atoms with van der Waals surface area (Å²) in [7, 11) is 0. The highest BCUT2D eigenvalue weighted by atomic mass is 15.0. The van der Waals surface area contributed by atoms with Crippen molar-refractivity contribution in [3.05, 3.63) is 170 Å². The number of fused-ring (bicyclic) bond motifs is 9. The molecule has 0 spiro atoms. The number of nitrogens with zero attached hydrogens (tertiary/aromatic N) is 6. The van der Waals surface area contributed by atoms with Crippen LogP contribution in [0.5, 0.6) is 0 Å². The summed E-state index contributed by atoms with van der Waals surface area (Å²) in [4.78, 5) is 18.4. The summed E-state index contributed by atoms with van der Waals surface area (Å²) >= 11 is 0. The van der Waals surface area contributed by atoms with Gasteiger partial charge >= 0.3 is 0 Å². The second-order valence-corrected chi connectivity index (χ2v) is 13.5. The smallest absolute Gasteiger partial charge is 0.0702 e. The van der Waals surface area contributed by atoms with Gasteiger partial charge < -0.3 is 9.13 Å². The van der Waals surface area contributed by atoms with Crippen molar-refractivity contribution in [1.29, 1.82) is 0 Å². The van der Waals surface area contributed by atoms with E-state index < -0.39 is 0 Å². The first-order valence-electron chi connectivity index (χ1n) is 17.6. The molecule has 0 unspecified atom stereocenters. The Bertz CT molecular complexity index is 2780. The molecule has 244 valence electrons. The van der Waals surface area contributed by atoms with E-state index in [4.69, 9.17) is 0 Å². The van der Waals surface area contributed by atoms with Gasteiger partial charge in [0.05, 0.1) is 57.2 Å². The van der Waals surface area contributed by atoms with Gasteiger partial charge in [-0.1, -0.05) is 24.3 Å². The first-order chi connectivity index (χ1) is 25.8. The number of pyridine rings is 4. The van der Waals surface area contributed by atoms with Gasteiger partial charge in [-0.25, -0.2) is 0 Å². The van der Waals surface area contributed by atoms with Crippen LogP contribution in [0, 0.1) is 0 Å². The zero-order valence-electron chi connectivity index (χ0n) is 28.1. The van der Waals surface area contributed by atoms with Crippen molar-refractivity contribution in [2.24, 2.45) is 0 Å². The highest BCUT2D eigenvalue weighted by Gasteiger charge is 2.24. The van der Waals surface area contributed by atoms with E-state index in [9.17, 15) is 0 Å². The van der Waals surface area contributed by atoms with Crippen molar-refractivity contribution in [3.63, 3.8) is 0 Å². The second kappa shape index (κ2) is 11.3. The van der Waals surface area contributed by atoms with Crippen LogP contribution in [-0.2, 0) is 12.8 Å². The maximum Gasteiger partial charge on any atom is 0.0702 e. The Morgan fingerprint density at radius 1 is 0.404 bits per heavy atom. The molecule has 0 amide bonds. The summed E-state index contributed by atoms with van der Waals surface area (Å²) < 4.78 is 4.72. The van der Waals surface area contributed by atoms with Gasteiger partial charge in [0.1, 0.15) is 0 Å². The third kappa shape index (κ3) is 4.37. The standard InChI is InChI=1S/C46H30N6/c1-3-19-49-41(9-1)31-13-15-43-37(23-31)39-21-29-11-12-30-22-40-38-24-32(42-10-2-4-20-50-42)14-16-44(38)52(34-8-6-18-48-28-34)46(40)26-36(30)35(29)25-45(39)51(43)33-7-5-17-47-27-33/h1-10,13-28H,11-12H2. The van der Waals surface area contributed by atoms with E-state index in [-0.39, 0.29) is 0 Å². The van der Waals surface area contributed by atoms with Gasteiger partial charge in [-0.05, 0) is 132 Å². The fourth-order valence-electron chi connectivity index (χ4n) is 8.32. The van der Waals surface area contributed by atoms with Crippen molar-refractivity contribution in [2.75, 3.05) is 0 Å². The number of rotatable bonds is 4. The van der Waals surface area contributed by atoms with Crippen LogP contribution in [0.4, 0.5) is 0 Å². The summed E-state index contributed by atoms with van der Waals surface area (Å²) in [6.45, 7) is 0. The molecule has 0 fully saturated rings. The number of hydrogen-bond acceptors (Lipinski definition) is 4. The Morgan fingerprint density at radius 2 is 0.885 bits per heavy atom. The third-order valence-corrected chi connectivity index (χ3v) is 10.7. The molecule has 4 aromatic carbocycles. The average molecular weight is 667 g/mol. The summed E-state index contributed by atoms with van der Waals surface area (Å²) in [6, 6.07) is 43.6. The van der Waals surface area contributed by atoms with E-state index in [0.717, 1.165) is 57.8 Å². The predicted molar refractivity (Wildman–Crippen MR) is 210 cm³/mol. The zero-order chi connectivity index (χ0) is 34.2. The summed E-state index contributed by atoms with van der Waals surface area (Å²) in [5, 5.41) is 4.91. The molecule has 6 nitrogen and oxygen atoms in total. The molecule has 0 bridgehead atoms. The SMILES string of the molecule is c1ccc(-c2ccc3c(c2)c2cc4c(cc2n3-c2cccnc2)-c2cc3c(cc2CC4)c2cc(-c4ccccn4)ccc2n3-c2cccnc2)nc1. The Labute approximate surface area is 299 Å². The Balaban J connectivity index is 1.18. The van der Waals surface area contributed by atoms with Gasteiger partial charge in [0, 0.05) is 57.5 Å². The van der Waals surface area contributed by atoms with Crippen molar-refractivity contribution < 1.29 is 0 Å². The van der Waals surface area contributed by atoms with E-state index in [0.29, 0.717) is 0 Å². The molecule has 0 saturated heterocycles. The topological polar surface area (TPSA) is 61.4 Å². The Hall–Kier alpha value is -6.92. The van der Waals surface area contributed by atoms with Gasteiger partial charge in [-0.2, -0.15) is 0 Å². The molecule has 0 atom stereocenters. The predicted octanol–water partition coefficient (Wildman–Crippen LogP) is 10.6. The molecule has 6 heterocycles. The molecule has 10 aromatic rings. The lowest BCUT2D eigenvalue weighted by molar-refractivity contribution is 0.946. The van der Waals surface area contributed by atoms with E-state index in [1.54, 1.807) is 0 Å². The van der Waals surface area contributed by atoms with Crippen molar-refractivity contribution in [1.82, 2.24) is 29.1 Å². The lowest BCUT2D eigenvalue weighted by Gasteiger charge is -2.21. The molecule has 0 saturated carbocycles. The van der Waals surface area contributed by atoms with E-state index in [1.807, 2.05) is 73.6 Å². The fourth-order valence-corrected chi connectivity index (χ4v) is 8.32. The number of benzene rings is 4. The van der Waals surface area contributed by atoms with Crippen LogP contribution in [0.3, 0.4) is 0 Å². The normalized spacial score (nSPS) is 12.5. The van der Waals surface area contributed by atoms with Gasteiger partial charge in [0.2, 0.25) is 0 Å². The molecular weight excluding hydrogens is 637 g/mol. The largest absolute Gasteiger partial charge is 0.308 e. The van der Waals surface area contributed by atoms with Crippen LogP contribution < -0.4 is 0 Å². The maximum absolute atomic E-state index is 4.66. The lowest BCUT2D eigenvalue weighted by atomic mass is 9.84. The summed E-state index contributed by atoms with van der Waals surface area (Å²) in [5.41, 5.74) is 16.2. The van der Waals surface area contributed by atoms with Crippen molar-refractivity contribution in [2.45, 2.75) is 12.8 Å². The maximum atomic E-state index is 4.66. The molecule has 1 aliphatic rings. The molecule has 6 aromatic heterocycles. The monoisotopic (exact) mass is 666 g/mol. The minimum absolute atomic E-state index is 0.971.